The Labute approximate surface area is 108 Å². The fourth-order valence-corrected chi connectivity index (χ4v) is 2.09. The van der Waals surface area contributed by atoms with Crippen LogP contribution in [0.5, 0.6) is 0 Å². The Hall–Kier alpha value is -1.40. The van der Waals surface area contributed by atoms with Crippen LogP contribution in [0.1, 0.15) is 6.92 Å². The van der Waals surface area contributed by atoms with Gasteiger partial charge in [0, 0.05) is 44.8 Å². The van der Waals surface area contributed by atoms with Gasteiger partial charge in [0.25, 0.3) is 0 Å². The molecule has 1 aliphatic rings. The molecule has 0 radical (unpaired) electrons. The Balaban J connectivity index is 1.83. The van der Waals surface area contributed by atoms with Gasteiger partial charge in [0.1, 0.15) is 18.0 Å². The van der Waals surface area contributed by atoms with E-state index < -0.39 is 0 Å². The van der Waals surface area contributed by atoms with Gasteiger partial charge < -0.3 is 20.9 Å². The Morgan fingerprint density at radius 1 is 1.39 bits per heavy atom. The van der Waals surface area contributed by atoms with Gasteiger partial charge in [-0.3, -0.25) is 0 Å². The average molecular weight is 250 g/mol. The molecule has 100 valence electrons. The van der Waals surface area contributed by atoms with Crippen LogP contribution in [0.15, 0.2) is 12.4 Å². The summed E-state index contributed by atoms with van der Waals surface area (Å²) in [6.07, 6.45) is 1.58. The lowest BCUT2D eigenvalue weighted by molar-refractivity contribution is 0.244. The van der Waals surface area contributed by atoms with Crippen molar-refractivity contribution in [1.82, 2.24) is 20.2 Å². The summed E-state index contributed by atoms with van der Waals surface area (Å²) in [5, 5.41) is 10.0. The number of rotatable bonds is 5. The molecule has 0 saturated carbocycles. The molecule has 1 aromatic rings. The second-order valence-corrected chi connectivity index (χ2v) is 4.61. The van der Waals surface area contributed by atoms with E-state index in [1.54, 1.807) is 6.33 Å². The SMILES string of the molecule is CCNc1cc(NCC2CN(C)CCN2)ncn1. The maximum absolute atomic E-state index is 4.22. The van der Waals surface area contributed by atoms with Crippen molar-refractivity contribution in [1.29, 1.82) is 0 Å². The Morgan fingerprint density at radius 3 is 2.89 bits per heavy atom. The molecule has 3 N–H and O–H groups in total. The van der Waals surface area contributed by atoms with Gasteiger partial charge in [-0.05, 0) is 14.0 Å². The summed E-state index contributed by atoms with van der Waals surface area (Å²) in [5.74, 6) is 1.74. The van der Waals surface area contributed by atoms with Crippen LogP contribution in [-0.2, 0) is 0 Å². The highest BCUT2D eigenvalue weighted by molar-refractivity contribution is 5.46. The van der Waals surface area contributed by atoms with E-state index in [-0.39, 0.29) is 0 Å². The first-order valence-corrected chi connectivity index (χ1v) is 6.49. The summed E-state index contributed by atoms with van der Waals surface area (Å²) in [6, 6.07) is 2.41. The molecule has 1 unspecified atom stereocenters. The molecule has 0 amide bonds. The first kappa shape index (κ1) is 13.0. The first-order valence-electron chi connectivity index (χ1n) is 6.49. The monoisotopic (exact) mass is 250 g/mol. The Morgan fingerprint density at radius 2 is 2.17 bits per heavy atom. The van der Waals surface area contributed by atoms with Gasteiger partial charge in [-0.25, -0.2) is 9.97 Å². The zero-order valence-corrected chi connectivity index (χ0v) is 11.1. The summed E-state index contributed by atoms with van der Waals surface area (Å²) in [6.45, 7) is 7.04. The van der Waals surface area contributed by atoms with Crippen molar-refractivity contribution in [3.63, 3.8) is 0 Å². The van der Waals surface area contributed by atoms with E-state index in [0.717, 1.165) is 44.4 Å². The predicted molar refractivity (Wildman–Crippen MR) is 74.0 cm³/mol. The lowest BCUT2D eigenvalue weighted by Crippen LogP contribution is -2.51. The molecule has 1 fully saturated rings. The lowest BCUT2D eigenvalue weighted by atomic mass is 10.2. The van der Waals surface area contributed by atoms with E-state index in [1.165, 1.54) is 0 Å². The minimum absolute atomic E-state index is 0.473. The third-order valence-corrected chi connectivity index (χ3v) is 3.01. The van der Waals surface area contributed by atoms with Gasteiger partial charge in [0.2, 0.25) is 0 Å². The van der Waals surface area contributed by atoms with Crippen molar-refractivity contribution in [2.75, 3.05) is 50.4 Å². The molecule has 2 heterocycles. The van der Waals surface area contributed by atoms with Gasteiger partial charge >= 0.3 is 0 Å². The van der Waals surface area contributed by atoms with Crippen LogP contribution in [0.4, 0.5) is 11.6 Å². The fraction of sp³-hybridized carbons (Fsp3) is 0.667. The van der Waals surface area contributed by atoms with Crippen LogP contribution >= 0.6 is 0 Å². The van der Waals surface area contributed by atoms with Crippen molar-refractivity contribution in [2.24, 2.45) is 0 Å². The summed E-state index contributed by atoms with van der Waals surface area (Å²) >= 11 is 0. The Kier molecular flexibility index (Phi) is 4.72. The highest BCUT2D eigenvalue weighted by Crippen LogP contribution is 2.08. The largest absolute Gasteiger partial charge is 0.370 e. The summed E-state index contributed by atoms with van der Waals surface area (Å²) in [5.41, 5.74) is 0. The third-order valence-electron chi connectivity index (χ3n) is 3.01. The van der Waals surface area contributed by atoms with Crippen LogP contribution in [-0.4, -0.2) is 60.7 Å². The zero-order valence-electron chi connectivity index (χ0n) is 11.1. The van der Waals surface area contributed by atoms with Crippen LogP contribution in [0.2, 0.25) is 0 Å². The van der Waals surface area contributed by atoms with Gasteiger partial charge in [0.15, 0.2) is 0 Å². The highest BCUT2D eigenvalue weighted by Gasteiger charge is 2.15. The van der Waals surface area contributed by atoms with E-state index in [4.69, 9.17) is 0 Å². The molecule has 0 spiro atoms. The second-order valence-electron chi connectivity index (χ2n) is 4.61. The number of piperazine rings is 1. The van der Waals surface area contributed by atoms with Gasteiger partial charge in [-0.15, -0.1) is 0 Å². The molecule has 0 aliphatic carbocycles. The van der Waals surface area contributed by atoms with Crippen molar-refractivity contribution in [2.45, 2.75) is 13.0 Å². The van der Waals surface area contributed by atoms with Crippen LogP contribution in [0.25, 0.3) is 0 Å². The second kappa shape index (κ2) is 6.51. The van der Waals surface area contributed by atoms with Crippen molar-refractivity contribution in [3.05, 3.63) is 12.4 Å². The number of aromatic nitrogens is 2. The molecule has 1 saturated heterocycles. The van der Waals surface area contributed by atoms with Gasteiger partial charge in [-0.1, -0.05) is 0 Å². The number of nitrogens with one attached hydrogen (secondary N) is 3. The molecule has 6 nitrogen and oxygen atoms in total. The number of hydrogen-bond acceptors (Lipinski definition) is 6. The normalized spacial score (nSPS) is 20.7. The van der Waals surface area contributed by atoms with E-state index in [2.05, 4.69) is 44.8 Å². The molecule has 1 aromatic heterocycles. The smallest absolute Gasteiger partial charge is 0.131 e. The number of likely N-dealkylation sites (N-methyl/N-ethyl adjacent to an activating group) is 1. The molecule has 18 heavy (non-hydrogen) atoms. The van der Waals surface area contributed by atoms with E-state index >= 15 is 0 Å². The number of anilines is 2. The summed E-state index contributed by atoms with van der Waals surface area (Å²) in [4.78, 5) is 10.7. The molecular weight excluding hydrogens is 228 g/mol. The minimum Gasteiger partial charge on any atom is -0.370 e. The lowest BCUT2D eigenvalue weighted by Gasteiger charge is -2.31. The average Bonchev–Trinajstić information content (AvgIpc) is 2.37. The van der Waals surface area contributed by atoms with Gasteiger partial charge in [0.05, 0.1) is 0 Å². The van der Waals surface area contributed by atoms with Crippen molar-refractivity contribution in [3.8, 4) is 0 Å². The minimum atomic E-state index is 0.473. The molecule has 0 aromatic carbocycles. The Bertz CT molecular complexity index is 369. The fourth-order valence-electron chi connectivity index (χ4n) is 2.09. The standard InChI is InChI=1S/C12H22N6/c1-3-13-11-6-12(17-9-16-11)15-7-10-8-18(2)5-4-14-10/h6,9-10,14H,3-5,7-8H2,1-2H3,(H2,13,15,16,17). The van der Waals surface area contributed by atoms with E-state index in [1.807, 2.05) is 6.07 Å². The van der Waals surface area contributed by atoms with Crippen LogP contribution < -0.4 is 16.0 Å². The van der Waals surface area contributed by atoms with E-state index in [9.17, 15) is 0 Å². The van der Waals surface area contributed by atoms with E-state index in [0.29, 0.717) is 6.04 Å². The molecule has 2 rings (SSSR count). The van der Waals surface area contributed by atoms with Crippen molar-refractivity contribution < 1.29 is 0 Å². The topological polar surface area (TPSA) is 65.1 Å². The maximum atomic E-state index is 4.22. The van der Waals surface area contributed by atoms with Gasteiger partial charge in [-0.2, -0.15) is 0 Å². The molecule has 6 heteroatoms. The first-order chi connectivity index (χ1) is 8.78. The van der Waals surface area contributed by atoms with Crippen LogP contribution in [0, 0.1) is 0 Å². The summed E-state index contributed by atoms with van der Waals surface area (Å²) in [7, 11) is 2.15. The van der Waals surface area contributed by atoms with Crippen LogP contribution in [0.3, 0.4) is 0 Å². The quantitative estimate of drug-likeness (QED) is 0.695. The third kappa shape index (κ3) is 3.82. The molecule has 1 atom stereocenters. The highest BCUT2D eigenvalue weighted by atomic mass is 15.2. The number of hydrogen-bond donors (Lipinski definition) is 3. The molecule has 1 aliphatic heterocycles. The maximum Gasteiger partial charge on any atom is 0.131 e. The zero-order chi connectivity index (χ0) is 12.8. The summed E-state index contributed by atoms with van der Waals surface area (Å²) < 4.78 is 0. The van der Waals surface area contributed by atoms with Crippen molar-refractivity contribution >= 4 is 11.6 Å². The molecular formula is C12H22N6. The molecule has 0 bridgehead atoms. The number of nitrogens with zero attached hydrogens (tertiary/aromatic N) is 3. The predicted octanol–water partition coefficient (Wildman–Crippen LogP) is 0.224.